The number of anilines is 1. The lowest BCUT2D eigenvalue weighted by atomic mass is 9.90. The van der Waals surface area contributed by atoms with Crippen LogP contribution in [0.2, 0.25) is 0 Å². The largest absolute Gasteiger partial charge is 0.396 e. The summed E-state index contributed by atoms with van der Waals surface area (Å²) in [5, 5.41) is 4.14. The Morgan fingerprint density at radius 3 is 2.67 bits per heavy atom. The molecule has 0 amide bonds. The third kappa shape index (κ3) is 2.26. The Hall–Kier alpha value is -0.990. The summed E-state index contributed by atoms with van der Waals surface area (Å²) in [6.07, 6.45) is 4.70. The van der Waals surface area contributed by atoms with E-state index < -0.39 is 0 Å². The quantitative estimate of drug-likeness (QED) is 0.747. The normalized spacial score (nSPS) is 11.9. The Balaban J connectivity index is 2.63. The van der Waals surface area contributed by atoms with E-state index in [1.165, 1.54) is 0 Å². The molecule has 3 nitrogen and oxygen atoms in total. The fraction of sp³-hybridized carbons (Fsp3) is 0.667. The number of rotatable bonds is 3. The van der Waals surface area contributed by atoms with Gasteiger partial charge in [0.25, 0.3) is 0 Å². The van der Waals surface area contributed by atoms with Crippen LogP contribution in [0.4, 0.5) is 5.69 Å². The van der Waals surface area contributed by atoms with E-state index in [9.17, 15) is 0 Å². The fourth-order valence-corrected chi connectivity index (χ4v) is 1.02. The van der Waals surface area contributed by atoms with E-state index in [4.69, 9.17) is 5.73 Å². The number of nitrogens with zero attached hydrogens (tertiary/aromatic N) is 2. The highest BCUT2D eigenvalue weighted by Gasteiger charge is 2.15. The zero-order valence-electron chi connectivity index (χ0n) is 8.04. The highest BCUT2D eigenvalue weighted by molar-refractivity contribution is 5.30. The van der Waals surface area contributed by atoms with Crippen LogP contribution < -0.4 is 5.73 Å². The maximum atomic E-state index is 5.56. The van der Waals surface area contributed by atoms with E-state index in [0.717, 1.165) is 18.7 Å². The van der Waals surface area contributed by atoms with Gasteiger partial charge in [0.05, 0.1) is 11.9 Å². The number of nitrogens with two attached hydrogens (primary N) is 1. The number of aromatic nitrogens is 2. The molecule has 0 atom stereocenters. The van der Waals surface area contributed by atoms with Crippen molar-refractivity contribution in [2.24, 2.45) is 5.41 Å². The minimum atomic E-state index is 0.304. The first-order valence-corrected chi connectivity index (χ1v) is 4.31. The van der Waals surface area contributed by atoms with Gasteiger partial charge in [-0.15, -0.1) is 0 Å². The molecule has 0 saturated heterocycles. The summed E-state index contributed by atoms with van der Waals surface area (Å²) in [7, 11) is 0. The van der Waals surface area contributed by atoms with Crippen molar-refractivity contribution in [2.45, 2.75) is 33.7 Å². The lowest BCUT2D eigenvalue weighted by Gasteiger charge is -2.21. The molecule has 0 fully saturated rings. The number of hydrogen-bond donors (Lipinski definition) is 1. The molecule has 1 aromatic heterocycles. The van der Waals surface area contributed by atoms with Crippen LogP contribution in [0.3, 0.4) is 0 Å². The molecule has 0 aliphatic rings. The third-order valence-corrected chi connectivity index (χ3v) is 2.20. The topological polar surface area (TPSA) is 43.8 Å². The summed E-state index contributed by atoms with van der Waals surface area (Å²) in [6, 6.07) is 0. The molecule has 12 heavy (non-hydrogen) atoms. The molecule has 0 radical (unpaired) electrons. The summed E-state index contributed by atoms with van der Waals surface area (Å²) in [4.78, 5) is 0. The summed E-state index contributed by atoms with van der Waals surface area (Å²) in [5.41, 5.74) is 6.60. The van der Waals surface area contributed by atoms with Gasteiger partial charge in [0.2, 0.25) is 0 Å². The zero-order chi connectivity index (χ0) is 9.19. The first kappa shape index (κ1) is 9.10. The molecule has 1 heterocycles. The standard InChI is InChI=1S/C9H17N3/c1-4-9(2,3)7-12-6-8(10)5-11-12/h5-6H,4,7,10H2,1-3H3. The predicted octanol–water partition coefficient (Wildman–Crippen LogP) is 1.90. The van der Waals surface area contributed by atoms with E-state index >= 15 is 0 Å². The molecule has 0 bridgehead atoms. The van der Waals surface area contributed by atoms with Gasteiger partial charge in [-0.25, -0.2) is 0 Å². The van der Waals surface area contributed by atoms with Crippen molar-refractivity contribution in [2.75, 3.05) is 5.73 Å². The van der Waals surface area contributed by atoms with Crippen LogP contribution in [0.1, 0.15) is 27.2 Å². The maximum Gasteiger partial charge on any atom is 0.0719 e. The summed E-state index contributed by atoms with van der Waals surface area (Å²) >= 11 is 0. The molecule has 0 unspecified atom stereocenters. The van der Waals surface area contributed by atoms with E-state index in [-0.39, 0.29) is 0 Å². The monoisotopic (exact) mass is 167 g/mol. The van der Waals surface area contributed by atoms with Crippen molar-refractivity contribution >= 4 is 5.69 Å². The van der Waals surface area contributed by atoms with Crippen LogP contribution >= 0.6 is 0 Å². The van der Waals surface area contributed by atoms with Gasteiger partial charge < -0.3 is 5.73 Å². The summed E-state index contributed by atoms with van der Waals surface area (Å²) in [5.74, 6) is 0. The SMILES string of the molecule is CCC(C)(C)Cn1cc(N)cn1. The van der Waals surface area contributed by atoms with E-state index in [0.29, 0.717) is 5.41 Å². The van der Waals surface area contributed by atoms with Gasteiger partial charge in [0, 0.05) is 12.7 Å². The molecule has 1 rings (SSSR count). The van der Waals surface area contributed by atoms with Crippen molar-refractivity contribution in [1.82, 2.24) is 9.78 Å². The fourth-order valence-electron chi connectivity index (χ4n) is 1.02. The van der Waals surface area contributed by atoms with Gasteiger partial charge in [-0.3, -0.25) is 4.68 Å². The molecule has 0 saturated carbocycles. The molecule has 1 aromatic rings. The molecular formula is C9H17N3. The van der Waals surface area contributed by atoms with Gasteiger partial charge >= 0.3 is 0 Å². The van der Waals surface area contributed by atoms with Crippen molar-refractivity contribution in [3.05, 3.63) is 12.4 Å². The van der Waals surface area contributed by atoms with Crippen LogP contribution in [0.25, 0.3) is 0 Å². The van der Waals surface area contributed by atoms with Crippen LogP contribution in [0.15, 0.2) is 12.4 Å². The second-order valence-corrected chi connectivity index (χ2v) is 3.99. The molecule has 3 heteroatoms. The zero-order valence-corrected chi connectivity index (χ0v) is 8.04. The van der Waals surface area contributed by atoms with Gasteiger partial charge in [-0.1, -0.05) is 20.8 Å². The number of hydrogen-bond acceptors (Lipinski definition) is 2. The van der Waals surface area contributed by atoms with Gasteiger partial charge in [0.15, 0.2) is 0 Å². The Labute approximate surface area is 73.6 Å². The van der Waals surface area contributed by atoms with Gasteiger partial charge in [-0.2, -0.15) is 5.10 Å². The molecule has 0 aliphatic carbocycles. The lowest BCUT2D eigenvalue weighted by Crippen LogP contribution is -2.18. The van der Waals surface area contributed by atoms with E-state index in [1.807, 2.05) is 10.9 Å². The van der Waals surface area contributed by atoms with E-state index in [2.05, 4.69) is 25.9 Å². The average molecular weight is 167 g/mol. The highest BCUT2D eigenvalue weighted by Crippen LogP contribution is 2.21. The highest BCUT2D eigenvalue weighted by atomic mass is 15.3. The number of nitrogen functional groups attached to an aromatic ring is 1. The van der Waals surface area contributed by atoms with Crippen LogP contribution in [-0.2, 0) is 6.54 Å². The second kappa shape index (κ2) is 3.17. The van der Waals surface area contributed by atoms with E-state index in [1.54, 1.807) is 6.20 Å². The van der Waals surface area contributed by atoms with Crippen LogP contribution in [-0.4, -0.2) is 9.78 Å². The van der Waals surface area contributed by atoms with Gasteiger partial charge in [0.1, 0.15) is 0 Å². The van der Waals surface area contributed by atoms with Crippen molar-refractivity contribution in [3.63, 3.8) is 0 Å². The Kier molecular flexibility index (Phi) is 2.40. The lowest BCUT2D eigenvalue weighted by molar-refractivity contribution is 0.280. The Bertz CT molecular complexity index is 250. The minimum absolute atomic E-state index is 0.304. The predicted molar refractivity (Wildman–Crippen MR) is 50.7 cm³/mol. The van der Waals surface area contributed by atoms with Gasteiger partial charge in [-0.05, 0) is 11.8 Å². The molecule has 0 spiro atoms. The molecular weight excluding hydrogens is 150 g/mol. The van der Waals surface area contributed by atoms with Crippen molar-refractivity contribution < 1.29 is 0 Å². The maximum absolute atomic E-state index is 5.56. The third-order valence-electron chi connectivity index (χ3n) is 2.20. The molecule has 0 aliphatic heterocycles. The van der Waals surface area contributed by atoms with Crippen LogP contribution in [0.5, 0.6) is 0 Å². The summed E-state index contributed by atoms with van der Waals surface area (Å²) in [6.45, 7) is 7.57. The average Bonchev–Trinajstić information content (AvgIpc) is 2.35. The molecule has 0 aromatic carbocycles. The van der Waals surface area contributed by atoms with Crippen molar-refractivity contribution in [1.29, 1.82) is 0 Å². The first-order valence-electron chi connectivity index (χ1n) is 4.31. The molecule has 68 valence electrons. The van der Waals surface area contributed by atoms with Crippen molar-refractivity contribution in [3.8, 4) is 0 Å². The summed E-state index contributed by atoms with van der Waals surface area (Å²) < 4.78 is 1.90. The Morgan fingerprint density at radius 1 is 1.58 bits per heavy atom. The molecule has 2 N–H and O–H groups in total. The van der Waals surface area contributed by atoms with Crippen LogP contribution in [0, 0.1) is 5.41 Å². The minimum Gasteiger partial charge on any atom is -0.396 e. The second-order valence-electron chi connectivity index (χ2n) is 3.99. The first-order chi connectivity index (χ1) is 5.53. The smallest absolute Gasteiger partial charge is 0.0719 e. The Morgan fingerprint density at radius 2 is 2.25 bits per heavy atom.